The van der Waals surface area contributed by atoms with Gasteiger partial charge in [-0.05, 0) is 50.2 Å². The number of nitrogens with zero attached hydrogens (tertiary/aromatic N) is 4. The highest BCUT2D eigenvalue weighted by Gasteiger charge is 2.35. The molecule has 0 aliphatic carbocycles. The summed E-state index contributed by atoms with van der Waals surface area (Å²) < 4.78 is 25.8. The normalized spacial score (nSPS) is 22.4. The first kappa shape index (κ1) is 21.5. The van der Waals surface area contributed by atoms with Gasteiger partial charge in [-0.15, -0.1) is 0 Å². The van der Waals surface area contributed by atoms with E-state index in [0.29, 0.717) is 31.9 Å². The highest BCUT2D eigenvalue weighted by Crippen LogP contribution is 2.38. The molecule has 2 heterocycles. The van der Waals surface area contributed by atoms with E-state index in [1.165, 1.54) is 11.2 Å². The van der Waals surface area contributed by atoms with Gasteiger partial charge >= 0.3 is 6.09 Å². The van der Waals surface area contributed by atoms with Crippen molar-refractivity contribution in [3.05, 3.63) is 48.5 Å². The summed E-state index contributed by atoms with van der Waals surface area (Å²) in [6, 6.07) is 15.5. The number of piperazine rings is 1. The molecule has 0 saturated carbocycles. The van der Waals surface area contributed by atoms with Gasteiger partial charge in [0, 0.05) is 49.6 Å². The molecule has 4 rings (SSSR count). The molecule has 2 aliphatic heterocycles. The van der Waals surface area contributed by atoms with Gasteiger partial charge in [0.15, 0.2) is 0 Å². The van der Waals surface area contributed by atoms with Crippen molar-refractivity contribution in [3.8, 4) is 0 Å². The Kier molecular flexibility index (Phi) is 5.57. The van der Waals surface area contributed by atoms with Gasteiger partial charge in [-0.3, -0.25) is 4.90 Å². The number of rotatable bonds is 3. The predicted molar refractivity (Wildman–Crippen MR) is 123 cm³/mol. The Hall–Kier alpha value is -2.78. The van der Waals surface area contributed by atoms with E-state index in [1.807, 2.05) is 50.2 Å². The lowest BCUT2D eigenvalue weighted by Crippen LogP contribution is -2.58. The van der Waals surface area contributed by atoms with Gasteiger partial charge in [0.2, 0.25) is 10.0 Å². The Morgan fingerprint density at radius 2 is 1.45 bits per heavy atom. The summed E-state index contributed by atoms with van der Waals surface area (Å²) >= 11 is 0. The molecule has 0 unspecified atom stereocenters. The van der Waals surface area contributed by atoms with Gasteiger partial charge < -0.3 is 14.9 Å². The maximum atomic E-state index is 12.1. The number of benzene rings is 2. The molecule has 1 amide bonds. The zero-order valence-electron chi connectivity index (χ0n) is 18.0. The van der Waals surface area contributed by atoms with Crippen molar-refractivity contribution in [1.29, 1.82) is 0 Å². The number of carbonyl (C=O) groups is 1. The number of carboxylic acid groups (broad SMARTS) is 1. The van der Waals surface area contributed by atoms with Crippen LogP contribution < -0.4 is 14.7 Å². The molecule has 2 aromatic carbocycles. The molecule has 0 spiro atoms. The van der Waals surface area contributed by atoms with Crippen LogP contribution in [-0.2, 0) is 10.0 Å². The van der Waals surface area contributed by atoms with Crippen LogP contribution in [0.25, 0.3) is 0 Å². The Morgan fingerprint density at radius 1 is 0.903 bits per heavy atom. The maximum absolute atomic E-state index is 12.1. The van der Waals surface area contributed by atoms with Crippen LogP contribution in [0.5, 0.6) is 0 Å². The van der Waals surface area contributed by atoms with Crippen LogP contribution >= 0.6 is 0 Å². The Balaban J connectivity index is 1.56. The van der Waals surface area contributed by atoms with Crippen LogP contribution in [0.15, 0.2) is 48.5 Å². The largest absolute Gasteiger partial charge is 0.465 e. The van der Waals surface area contributed by atoms with E-state index in [2.05, 4.69) is 21.9 Å². The third kappa shape index (κ3) is 4.07. The molecule has 1 fully saturated rings. The molecule has 1 N–H and O–H groups in total. The number of hydrogen-bond acceptors (Lipinski definition) is 5. The van der Waals surface area contributed by atoms with Crippen molar-refractivity contribution in [3.63, 3.8) is 0 Å². The van der Waals surface area contributed by atoms with Crippen molar-refractivity contribution in [2.75, 3.05) is 47.1 Å². The van der Waals surface area contributed by atoms with Crippen LogP contribution in [0.2, 0.25) is 0 Å². The van der Waals surface area contributed by atoms with Gasteiger partial charge in [0.1, 0.15) is 0 Å². The fourth-order valence-corrected chi connectivity index (χ4v) is 6.28. The molecule has 31 heavy (non-hydrogen) atoms. The molecule has 8 nitrogen and oxygen atoms in total. The maximum Gasteiger partial charge on any atom is 0.411 e. The number of fused-ring (bicyclic) bond motifs is 1. The average molecular weight is 445 g/mol. The van der Waals surface area contributed by atoms with Crippen LogP contribution in [0.4, 0.5) is 27.5 Å². The van der Waals surface area contributed by atoms with Gasteiger partial charge in [-0.1, -0.05) is 12.1 Å². The summed E-state index contributed by atoms with van der Waals surface area (Å²) in [4.78, 5) is 17.3. The molecule has 0 radical (unpaired) electrons. The van der Waals surface area contributed by atoms with Crippen LogP contribution in [0, 0.1) is 0 Å². The molecule has 2 atom stereocenters. The smallest absolute Gasteiger partial charge is 0.411 e. The molecular formula is C22H28N4O4S. The van der Waals surface area contributed by atoms with Crippen LogP contribution in [0.3, 0.4) is 0 Å². The quantitative estimate of drug-likeness (QED) is 0.783. The number of para-hydroxylation sites is 2. The molecule has 166 valence electrons. The Bertz CT molecular complexity index is 1060. The number of anilines is 4. The van der Waals surface area contributed by atoms with E-state index < -0.39 is 16.1 Å². The zero-order valence-corrected chi connectivity index (χ0v) is 18.8. The first-order valence-electron chi connectivity index (χ1n) is 10.4. The summed E-state index contributed by atoms with van der Waals surface area (Å²) in [5.41, 5.74) is 3.60. The summed E-state index contributed by atoms with van der Waals surface area (Å²) in [5, 5.41) is 9.49. The van der Waals surface area contributed by atoms with Gasteiger partial charge in [-0.25, -0.2) is 13.2 Å². The lowest BCUT2D eigenvalue weighted by Gasteiger charge is -2.44. The van der Waals surface area contributed by atoms with Crippen LogP contribution in [-0.4, -0.2) is 68.4 Å². The predicted octanol–water partition coefficient (Wildman–Crippen LogP) is 3.18. The summed E-state index contributed by atoms with van der Waals surface area (Å²) in [6.45, 7) is 6.13. The summed E-state index contributed by atoms with van der Waals surface area (Å²) in [6.07, 6.45) is 0.325. The van der Waals surface area contributed by atoms with E-state index in [0.717, 1.165) is 17.1 Å². The first-order valence-corrected chi connectivity index (χ1v) is 12.2. The average Bonchev–Trinajstić information content (AvgIpc) is 2.71. The fourth-order valence-electron chi connectivity index (χ4n) is 4.84. The Labute approximate surface area is 183 Å². The highest BCUT2D eigenvalue weighted by molar-refractivity contribution is 7.88. The first-order chi connectivity index (χ1) is 14.7. The fraction of sp³-hybridized carbons (Fsp3) is 0.409. The van der Waals surface area contributed by atoms with E-state index >= 15 is 0 Å². The summed E-state index contributed by atoms with van der Waals surface area (Å²) in [7, 11) is -3.24. The van der Waals surface area contributed by atoms with Crippen LogP contribution in [0.1, 0.15) is 13.8 Å². The Morgan fingerprint density at radius 3 is 2.00 bits per heavy atom. The molecule has 9 heteroatoms. The van der Waals surface area contributed by atoms with E-state index in [4.69, 9.17) is 0 Å². The minimum Gasteiger partial charge on any atom is -0.465 e. The van der Waals surface area contributed by atoms with E-state index in [-0.39, 0.29) is 12.1 Å². The highest BCUT2D eigenvalue weighted by atomic mass is 32.2. The molecular weight excluding hydrogens is 416 g/mol. The molecule has 1 saturated heterocycles. The van der Waals surface area contributed by atoms with Crippen molar-refractivity contribution in [1.82, 2.24) is 4.31 Å². The number of sulfonamides is 1. The lowest BCUT2D eigenvalue weighted by atomic mass is 10.1. The minimum absolute atomic E-state index is 0.102. The minimum atomic E-state index is -3.24. The van der Waals surface area contributed by atoms with Crippen molar-refractivity contribution in [2.24, 2.45) is 0 Å². The second kappa shape index (κ2) is 8.05. The van der Waals surface area contributed by atoms with Gasteiger partial charge in [-0.2, -0.15) is 4.31 Å². The standard InChI is InChI=1S/C22H28N4O4S/c1-16-14-23(15-17(2)26(16)31(3,29)30)18-8-10-19(11-9-18)24-12-13-25(22(27)28)21-7-5-4-6-20(21)24/h4-11,16-17H,12-15H2,1-3H3,(H,27,28)/t16-,17-/m1/s1. The third-order valence-corrected chi connectivity index (χ3v) is 7.47. The van der Waals surface area contributed by atoms with Crippen molar-refractivity contribution >= 4 is 38.9 Å². The molecule has 2 aromatic rings. The van der Waals surface area contributed by atoms with Crippen molar-refractivity contribution in [2.45, 2.75) is 25.9 Å². The zero-order chi connectivity index (χ0) is 22.3. The molecule has 0 bridgehead atoms. The second-order valence-corrected chi connectivity index (χ2v) is 10.2. The van der Waals surface area contributed by atoms with E-state index in [9.17, 15) is 18.3 Å². The summed E-state index contributed by atoms with van der Waals surface area (Å²) in [5.74, 6) is 0. The number of hydrogen-bond donors (Lipinski definition) is 1. The second-order valence-electron chi connectivity index (χ2n) is 8.29. The lowest BCUT2D eigenvalue weighted by molar-refractivity contribution is 0.201. The molecule has 2 aliphatic rings. The molecule has 0 aromatic heterocycles. The SMILES string of the molecule is C[C@@H]1CN(c2ccc(N3CCN(C(=O)O)c4ccccc43)cc2)C[C@@H](C)N1S(C)(=O)=O. The van der Waals surface area contributed by atoms with Gasteiger partial charge in [0.05, 0.1) is 17.6 Å². The monoisotopic (exact) mass is 444 g/mol. The topological polar surface area (TPSA) is 84.4 Å². The number of amides is 1. The van der Waals surface area contributed by atoms with E-state index in [1.54, 1.807) is 4.31 Å². The third-order valence-electron chi connectivity index (χ3n) is 5.99. The van der Waals surface area contributed by atoms with Crippen molar-refractivity contribution < 1.29 is 18.3 Å². The van der Waals surface area contributed by atoms with Gasteiger partial charge in [0.25, 0.3) is 0 Å².